The highest BCUT2D eigenvalue weighted by Crippen LogP contribution is 2.43. The van der Waals surface area contributed by atoms with E-state index in [4.69, 9.17) is 18.9 Å². The van der Waals surface area contributed by atoms with Gasteiger partial charge in [0.25, 0.3) is 0 Å². The molecule has 0 aromatic heterocycles. The molecule has 1 aromatic rings. The molecule has 0 spiro atoms. The summed E-state index contributed by atoms with van der Waals surface area (Å²) in [4.78, 5) is 12.9. The van der Waals surface area contributed by atoms with Gasteiger partial charge in [0, 0.05) is 20.6 Å². The van der Waals surface area contributed by atoms with Crippen LogP contribution in [0.5, 0.6) is 0 Å². The Labute approximate surface area is 148 Å². The van der Waals surface area contributed by atoms with Crippen LogP contribution >= 0.6 is 11.8 Å². The van der Waals surface area contributed by atoms with Gasteiger partial charge in [0.05, 0.1) is 6.61 Å². The van der Waals surface area contributed by atoms with E-state index in [2.05, 4.69) is 0 Å². The van der Waals surface area contributed by atoms with Crippen molar-refractivity contribution in [3.8, 4) is 0 Å². The van der Waals surface area contributed by atoms with Crippen LogP contribution in [0.4, 0.5) is 0 Å². The molecule has 2 rings (SSSR count). The van der Waals surface area contributed by atoms with E-state index in [9.17, 15) is 4.79 Å². The third-order valence-electron chi connectivity index (χ3n) is 4.55. The topological polar surface area (TPSA) is 54.0 Å². The van der Waals surface area contributed by atoms with E-state index in [1.807, 2.05) is 37.3 Å². The lowest BCUT2D eigenvalue weighted by Gasteiger charge is -2.53. The summed E-state index contributed by atoms with van der Waals surface area (Å²) < 4.78 is 23.3. The van der Waals surface area contributed by atoms with Gasteiger partial charge >= 0.3 is 0 Å². The van der Waals surface area contributed by atoms with Crippen LogP contribution in [0, 0.1) is 0 Å². The largest absolute Gasteiger partial charge is 0.349 e. The van der Waals surface area contributed by atoms with Crippen LogP contribution in [-0.2, 0) is 30.2 Å². The van der Waals surface area contributed by atoms with Crippen LogP contribution < -0.4 is 0 Å². The molecule has 24 heavy (non-hydrogen) atoms. The summed E-state index contributed by atoms with van der Waals surface area (Å²) in [5.74, 6) is -1.64. The first-order chi connectivity index (χ1) is 11.3. The summed E-state index contributed by atoms with van der Waals surface area (Å²) in [5.41, 5.74) is -0.115. The lowest BCUT2D eigenvalue weighted by molar-refractivity contribution is -0.443. The maximum Gasteiger partial charge on any atom is 0.223 e. The van der Waals surface area contributed by atoms with Gasteiger partial charge in [0.15, 0.2) is 5.60 Å². The van der Waals surface area contributed by atoms with Crippen molar-refractivity contribution in [2.24, 2.45) is 0 Å². The van der Waals surface area contributed by atoms with E-state index in [0.717, 1.165) is 5.56 Å². The Kier molecular flexibility index (Phi) is 6.09. The zero-order chi connectivity index (χ0) is 17.8. The third-order valence-corrected chi connectivity index (χ3v) is 5.48. The van der Waals surface area contributed by atoms with Gasteiger partial charge in [-0.3, -0.25) is 4.79 Å². The molecule has 0 amide bonds. The van der Waals surface area contributed by atoms with Crippen molar-refractivity contribution in [1.29, 1.82) is 0 Å². The lowest BCUT2D eigenvalue weighted by Crippen LogP contribution is -2.68. The number of carbonyl (C=O) groups excluding carboxylic acids is 1. The second kappa shape index (κ2) is 7.54. The van der Waals surface area contributed by atoms with E-state index in [-0.39, 0.29) is 11.7 Å². The molecule has 0 aliphatic carbocycles. The first-order valence-corrected chi connectivity index (χ1v) is 8.99. The minimum Gasteiger partial charge on any atom is -0.349 e. The van der Waals surface area contributed by atoms with E-state index in [1.165, 1.54) is 26.0 Å². The average Bonchev–Trinajstić information content (AvgIpc) is 2.59. The zero-order valence-corrected chi connectivity index (χ0v) is 15.8. The van der Waals surface area contributed by atoms with Crippen LogP contribution in [0.1, 0.15) is 26.3 Å². The van der Waals surface area contributed by atoms with E-state index >= 15 is 0 Å². The maximum atomic E-state index is 12.9. The Morgan fingerprint density at radius 3 is 2.33 bits per heavy atom. The molecule has 1 aliphatic rings. The summed E-state index contributed by atoms with van der Waals surface area (Å²) in [5, 5.41) is -0.0599. The Hall–Kier alpha value is -0.920. The smallest absolute Gasteiger partial charge is 0.223 e. The van der Waals surface area contributed by atoms with Crippen LogP contribution in [0.2, 0.25) is 0 Å². The van der Waals surface area contributed by atoms with Gasteiger partial charge in [-0.1, -0.05) is 49.0 Å². The Morgan fingerprint density at radius 1 is 1.17 bits per heavy atom. The summed E-state index contributed by atoms with van der Waals surface area (Å²) in [6, 6.07) is 9.78. The van der Waals surface area contributed by atoms with Crippen molar-refractivity contribution < 1.29 is 23.7 Å². The molecular weight excluding hydrogens is 328 g/mol. The van der Waals surface area contributed by atoms with Gasteiger partial charge in [0.1, 0.15) is 0 Å². The van der Waals surface area contributed by atoms with Gasteiger partial charge in [-0.2, -0.15) is 0 Å². The van der Waals surface area contributed by atoms with E-state index in [0.29, 0.717) is 12.2 Å². The molecule has 0 bridgehead atoms. The van der Waals surface area contributed by atoms with Gasteiger partial charge in [-0.05, 0) is 25.2 Å². The predicted molar refractivity (Wildman–Crippen MR) is 93.9 cm³/mol. The minimum atomic E-state index is -1.21. The van der Waals surface area contributed by atoms with E-state index < -0.39 is 17.2 Å². The van der Waals surface area contributed by atoms with Crippen LogP contribution in [-0.4, -0.2) is 48.9 Å². The Morgan fingerprint density at radius 2 is 1.79 bits per heavy atom. The molecule has 134 valence electrons. The highest BCUT2D eigenvalue weighted by atomic mass is 32.2. The van der Waals surface area contributed by atoms with Gasteiger partial charge in [-0.15, -0.1) is 0 Å². The number of methoxy groups -OCH3 is 2. The second-order valence-electron chi connectivity index (χ2n) is 6.07. The number of hydrogen-bond donors (Lipinski definition) is 0. The molecule has 1 saturated heterocycles. The Bertz CT molecular complexity index is 566. The van der Waals surface area contributed by atoms with Gasteiger partial charge < -0.3 is 18.9 Å². The molecule has 6 heteroatoms. The number of carbonyl (C=O) groups is 1. The first kappa shape index (κ1) is 19.4. The average molecular weight is 354 g/mol. The van der Waals surface area contributed by atoms with Crippen LogP contribution in [0.15, 0.2) is 30.3 Å². The van der Waals surface area contributed by atoms with Gasteiger partial charge in [-0.25, -0.2) is 0 Å². The molecule has 0 radical (unpaired) electrons. The van der Waals surface area contributed by atoms with Crippen molar-refractivity contribution in [2.75, 3.05) is 26.6 Å². The number of ether oxygens (including phenoxy) is 4. The zero-order valence-electron chi connectivity index (χ0n) is 15.0. The van der Waals surface area contributed by atoms with E-state index in [1.54, 1.807) is 13.8 Å². The van der Waals surface area contributed by atoms with Crippen molar-refractivity contribution in [2.45, 2.75) is 44.4 Å². The summed E-state index contributed by atoms with van der Waals surface area (Å²) in [6.07, 6.45) is 0.415. The van der Waals surface area contributed by atoms with Crippen molar-refractivity contribution in [3.63, 3.8) is 0 Å². The fourth-order valence-corrected chi connectivity index (χ4v) is 3.50. The fraction of sp³-hybridized carbons (Fsp3) is 0.611. The number of hydrogen-bond acceptors (Lipinski definition) is 6. The summed E-state index contributed by atoms with van der Waals surface area (Å²) in [6.45, 7) is 5.54. The molecule has 0 saturated carbocycles. The fourth-order valence-electron chi connectivity index (χ4n) is 2.80. The van der Waals surface area contributed by atoms with Crippen molar-refractivity contribution >= 4 is 16.9 Å². The normalized spacial score (nSPS) is 33.4. The number of benzene rings is 1. The highest BCUT2D eigenvalue weighted by Gasteiger charge is 2.60. The van der Waals surface area contributed by atoms with Crippen LogP contribution in [0.25, 0.3) is 0 Å². The molecule has 1 aromatic carbocycles. The molecule has 3 atom stereocenters. The maximum absolute atomic E-state index is 12.9. The molecular formula is C18H26O5S. The standard InChI is InChI=1S/C18H26O5S/c1-6-24-15(19)18(12-14-10-8-7-9-11-14)13-22-16(2,20-4)17(3,21-5)23-18/h7-11H,6,12-13H2,1-5H3/t16-,17-,18-/m1/s1. The van der Waals surface area contributed by atoms with Crippen LogP contribution in [0.3, 0.4) is 0 Å². The SMILES string of the molecule is CCSC(=O)[C@@]1(Cc2ccccc2)CO[C@@](C)(OC)[C@](C)(OC)O1. The third kappa shape index (κ3) is 3.53. The minimum absolute atomic E-state index is 0.0599. The molecule has 0 N–H and O–H groups in total. The second-order valence-corrected chi connectivity index (χ2v) is 7.30. The molecule has 1 fully saturated rings. The molecule has 1 aliphatic heterocycles. The number of thioether (sulfide) groups is 1. The first-order valence-electron chi connectivity index (χ1n) is 8.00. The quantitative estimate of drug-likeness (QED) is 0.783. The monoisotopic (exact) mass is 354 g/mol. The van der Waals surface area contributed by atoms with Gasteiger partial charge in [0.2, 0.25) is 16.7 Å². The molecule has 5 nitrogen and oxygen atoms in total. The van der Waals surface area contributed by atoms with Crippen molar-refractivity contribution in [1.82, 2.24) is 0 Å². The highest BCUT2D eigenvalue weighted by molar-refractivity contribution is 8.13. The summed E-state index contributed by atoms with van der Waals surface area (Å²) >= 11 is 1.23. The lowest BCUT2D eigenvalue weighted by atomic mass is 9.92. The summed E-state index contributed by atoms with van der Waals surface area (Å²) in [7, 11) is 3.06. The van der Waals surface area contributed by atoms with Crippen molar-refractivity contribution in [3.05, 3.63) is 35.9 Å². The Balaban J connectivity index is 2.39. The number of rotatable bonds is 6. The molecule has 0 unspecified atom stereocenters. The predicted octanol–water partition coefficient (Wildman–Crippen LogP) is 3.02. The molecule has 1 heterocycles.